The van der Waals surface area contributed by atoms with Crippen LogP contribution < -0.4 is 16.2 Å². The summed E-state index contributed by atoms with van der Waals surface area (Å²) in [5, 5.41) is 3.46. The van der Waals surface area contributed by atoms with Crippen molar-refractivity contribution in [2.45, 2.75) is 56.3 Å². The minimum absolute atomic E-state index is 0.0852. The summed E-state index contributed by atoms with van der Waals surface area (Å²) < 4.78 is 15.5. The van der Waals surface area contributed by atoms with Crippen LogP contribution in [0.5, 0.6) is 0 Å². The van der Waals surface area contributed by atoms with Crippen molar-refractivity contribution in [3.63, 3.8) is 0 Å². The molecule has 1 aromatic carbocycles. The first-order valence-corrected chi connectivity index (χ1v) is 12.6. The van der Waals surface area contributed by atoms with E-state index in [-0.39, 0.29) is 35.5 Å². The Hall–Kier alpha value is -2.71. The largest absolute Gasteiger partial charge is 0.342 e. The fraction of sp³-hybridized carbons (Fsp3) is 0.538. The first-order valence-electron chi connectivity index (χ1n) is 12.6. The smallest absolute Gasteiger partial charge is 0.244 e. The molecule has 6 aliphatic rings. The topological polar surface area (TPSA) is 76.7 Å². The predicted octanol–water partition coefficient (Wildman–Crippen LogP) is 2.19. The van der Waals surface area contributed by atoms with Crippen LogP contribution in [-0.4, -0.2) is 52.8 Å². The molecule has 7 nitrogen and oxygen atoms in total. The molecule has 4 fully saturated rings. The molecule has 3 aliphatic heterocycles. The summed E-state index contributed by atoms with van der Waals surface area (Å²) in [6.07, 6.45) is 9.20. The first-order chi connectivity index (χ1) is 16.5. The standard InChI is InChI=1S/C26H30FN5O2/c27-21-9-17(18-3-4-19-11-28-30-22(19)10-18)5-6-20(21)23-29-26(7-8-26)25(34)32(23)14-15-12-31(13-15)24(33)16-1-2-16/h5-6,9-11,15-16,22-23,28-30H,1-4,7-8,12-14H2. The van der Waals surface area contributed by atoms with Crippen LogP contribution in [0.15, 0.2) is 36.0 Å². The molecular formula is C26H30FN5O2. The molecule has 7 rings (SSSR count). The molecule has 2 unspecified atom stereocenters. The van der Waals surface area contributed by atoms with Gasteiger partial charge in [0.1, 0.15) is 17.5 Å². The summed E-state index contributed by atoms with van der Waals surface area (Å²) in [6, 6.07) is 5.63. The Labute approximate surface area is 198 Å². The van der Waals surface area contributed by atoms with Crippen LogP contribution in [0.1, 0.15) is 55.8 Å². The van der Waals surface area contributed by atoms with Gasteiger partial charge in [0, 0.05) is 43.2 Å². The summed E-state index contributed by atoms with van der Waals surface area (Å²) in [7, 11) is 0. The van der Waals surface area contributed by atoms with Crippen molar-refractivity contribution in [1.29, 1.82) is 0 Å². The molecule has 34 heavy (non-hydrogen) atoms. The van der Waals surface area contributed by atoms with E-state index in [0.717, 1.165) is 49.7 Å². The molecule has 2 amide bonds. The number of carbonyl (C=O) groups is 2. The summed E-state index contributed by atoms with van der Waals surface area (Å²) >= 11 is 0. The number of hydrogen-bond donors (Lipinski definition) is 3. The van der Waals surface area contributed by atoms with Gasteiger partial charge in [0.2, 0.25) is 11.8 Å². The van der Waals surface area contributed by atoms with Crippen LogP contribution in [0, 0.1) is 17.7 Å². The van der Waals surface area contributed by atoms with E-state index in [4.69, 9.17) is 0 Å². The number of halogens is 1. The average molecular weight is 464 g/mol. The maximum absolute atomic E-state index is 15.5. The fourth-order valence-corrected chi connectivity index (χ4v) is 5.98. The number of likely N-dealkylation sites (tertiary alicyclic amines) is 1. The van der Waals surface area contributed by atoms with E-state index in [1.165, 1.54) is 5.57 Å². The number of benzene rings is 1. The average Bonchev–Trinajstić information content (AvgIpc) is 3.72. The van der Waals surface area contributed by atoms with E-state index >= 15 is 4.39 Å². The Kier molecular flexibility index (Phi) is 4.49. The molecule has 1 spiro atoms. The second-order valence-corrected chi connectivity index (χ2v) is 10.9. The lowest BCUT2D eigenvalue weighted by atomic mass is 9.88. The van der Waals surface area contributed by atoms with Crippen molar-refractivity contribution in [1.82, 2.24) is 26.0 Å². The molecular weight excluding hydrogens is 433 g/mol. The number of carbonyl (C=O) groups excluding carboxylic acids is 2. The van der Waals surface area contributed by atoms with Gasteiger partial charge in [0.25, 0.3) is 0 Å². The van der Waals surface area contributed by atoms with Crippen LogP contribution in [0.3, 0.4) is 0 Å². The zero-order valence-electron chi connectivity index (χ0n) is 19.1. The van der Waals surface area contributed by atoms with Gasteiger partial charge >= 0.3 is 0 Å². The highest BCUT2D eigenvalue weighted by molar-refractivity contribution is 5.92. The van der Waals surface area contributed by atoms with Crippen LogP contribution in [0.2, 0.25) is 0 Å². The molecule has 0 aromatic heterocycles. The summed E-state index contributed by atoms with van der Waals surface area (Å²) in [6.45, 7) is 1.97. The highest BCUT2D eigenvalue weighted by atomic mass is 19.1. The second kappa shape index (κ2) is 7.39. The van der Waals surface area contributed by atoms with Gasteiger partial charge in [-0.1, -0.05) is 18.2 Å². The molecule has 3 heterocycles. The van der Waals surface area contributed by atoms with Crippen molar-refractivity contribution in [3.8, 4) is 0 Å². The van der Waals surface area contributed by atoms with E-state index in [2.05, 4.69) is 22.2 Å². The Morgan fingerprint density at radius 1 is 1.18 bits per heavy atom. The van der Waals surface area contributed by atoms with Crippen molar-refractivity contribution in [2.75, 3.05) is 19.6 Å². The minimum atomic E-state index is -0.515. The molecule has 3 aliphatic carbocycles. The number of nitrogens with zero attached hydrogens (tertiary/aromatic N) is 2. The molecule has 8 heteroatoms. The van der Waals surface area contributed by atoms with E-state index in [1.54, 1.807) is 6.07 Å². The molecule has 2 saturated heterocycles. The van der Waals surface area contributed by atoms with E-state index < -0.39 is 11.7 Å². The SMILES string of the molecule is O=C(C1CC1)N1CC(CN2C(=O)C3(CC3)NC2c2ccc(C3=CC4NNC=C4CC3)cc2F)C1. The number of nitrogens with one attached hydrogen (secondary N) is 3. The second-order valence-electron chi connectivity index (χ2n) is 10.9. The number of hydrazine groups is 1. The monoisotopic (exact) mass is 463 g/mol. The lowest BCUT2D eigenvalue weighted by Crippen LogP contribution is -2.55. The van der Waals surface area contributed by atoms with Gasteiger partial charge in [0.15, 0.2) is 0 Å². The third-order valence-electron chi connectivity index (χ3n) is 8.41. The van der Waals surface area contributed by atoms with Gasteiger partial charge in [-0.3, -0.25) is 14.9 Å². The molecule has 0 bridgehead atoms. The molecule has 3 N–H and O–H groups in total. The molecule has 2 atom stereocenters. The maximum Gasteiger partial charge on any atom is 0.244 e. The van der Waals surface area contributed by atoms with Gasteiger partial charge in [0.05, 0.1) is 6.04 Å². The Morgan fingerprint density at radius 2 is 2.00 bits per heavy atom. The number of amides is 2. The van der Waals surface area contributed by atoms with E-state index in [9.17, 15) is 9.59 Å². The van der Waals surface area contributed by atoms with Crippen LogP contribution in [0.4, 0.5) is 4.39 Å². The van der Waals surface area contributed by atoms with Crippen molar-refractivity contribution in [3.05, 3.63) is 53.0 Å². The van der Waals surface area contributed by atoms with Crippen molar-refractivity contribution >= 4 is 17.4 Å². The normalized spacial score (nSPS) is 29.5. The van der Waals surface area contributed by atoms with E-state index in [0.29, 0.717) is 25.2 Å². The number of rotatable bonds is 5. The zero-order chi connectivity index (χ0) is 23.0. The third-order valence-corrected chi connectivity index (χ3v) is 8.41. The lowest BCUT2D eigenvalue weighted by Gasteiger charge is -2.42. The van der Waals surface area contributed by atoms with Crippen LogP contribution >= 0.6 is 0 Å². The van der Waals surface area contributed by atoms with Crippen LogP contribution in [-0.2, 0) is 9.59 Å². The molecule has 178 valence electrons. The Balaban J connectivity index is 1.10. The Morgan fingerprint density at radius 3 is 2.74 bits per heavy atom. The minimum Gasteiger partial charge on any atom is -0.342 e. The highest BCUT2D eigenvalue weighted by Crippen LogP contribution is 2.47. The third kappa shape index (κ3) is 3.30. The highest BCUT2D eigenvalue weighted by Gasteiger charge is 2.60. The molecule has 2 saturated carbocycles. The maximum atomic E-state index is 15.5. The fourth-order valence-electron chi connectivity index (χ4n) is 5.98. The quantitative estimate of drug-likeness (QED) is 0.624. The van der Waals surface area contributed by atoms with Gasteiger partial charge in [-0.15, -0.1) is 0 Å². The lowest BCUT2D eigenvalue weighted by molar-refractivity contribution is -0.140. The van der Waals surface area contributed by atoms with Gasteiger partial charge in [-0.25, -0.2) is 9.82 Å². The molecule has 0 radical (unpaired) electrons. The predicted molar refractivity (Wildman–Crippen MR) is 124 cm³/mol. The summed E-state index contributed by atoms with van der Waals surface area (Å²) in [5.74, 6) is 0.566. The van der Waals surface area contributed by atoms with Gasteiger partial charge in [-0.05, 0) is 61.3 Å². The van der Waals surface area contributed by atoms with Crippen molar-refractivity contribution < 1.29 is 14.0 Å². The van der Waals surface area contributed by atoms with E-state index in [1.807, 2.05) is 28.1 Å². The summed E-state index contributed by atoms with van der Waals surface area (Å²) in [4.78, 5) is 29.3. The first kappa shape index (κ1) is 20.6. The van der Waals surface area contributed by atoms with Crippen molar-refractivity contribution in [2.24, 2.45) is 11.8 Å². The number of fused-ring (bicyclic) bond motifs is 1. The van der Waals surface area contributed by atoms with Gasteiger partial charge < -0.3 is 15.2 Å². The summed E-state index contributed by atoms with van der Waals surface area (Å²) in [5.41, 5.74) is 9.66. The van der Waals surface area contributed by atoms with Crippen LogP contribution in [0.25, 0.3) is 5.57 Å². The zero-order valence-corrected chi connectivity index (χ0v) is 19.1. The number of allylic oxidation sites excluding steroid dienone is 1. The van der Waals surface area contributed by atoms with Gasteiger partial charge in [-0.2, -0.15) is 0 Å². The Bertz CT molecular complexity index is 1130. The number of hydrogen-bond acceptors (Lipinski definition) is 5. The molecule has 1 aromatic rings.